The van der Waals surface area contributed by atoms with Crippen molar-refractivity contribution in [2.24, 2.45) is 7.05 Å². The van der Waals surface area contributed by atoms with Crippen LogP contribution >= 0.6 is 0 Å². The second-order valence-electron chi connectivity index (χ2n) is 4.83. The first-order valence-electron chi connectivity index (χ1n) is 6.28. The van der Waals surface area contributed by atoms with Crippen molar-refractivity contribution in [1.29, 1.82) is 0 Å². The van der Waals surface area contributed by atoms with E-state index in [1.54, 1.807) is 0 Å². The van der Waals surface area contributed by atoms with Gasteiger partial charge in [-0.3, -0.25) is 0 Å². The molecule has 0 aliphatic rings. The first-order chi connectivity index (χ1) is 8.56. The molecule has 0 bridgehead atoms. The van der Waals surface area contributed by atoms with Gasteiger partial charge >= 0.3 is 0 Å². The third-order valence-electron chi connectivity index (χ3n) is 3.75. The van der Waals surface area contributed by atoms with Gasteiger partial charge in [0.1, 0.15) is 5.82 Å². The van der Waals surface area contributed by atoms with Gasteiger partial charge in [0.25, 0.3) is 0 Å². The molecule has 1 aromatic carbocycles. The second-order valence-corrected chi connectivity index (χ2v) is 4.83. The molecule has 2 aromatic rings. The molecule has 3 heteroatoms. The Hall–Kier alpha value is -1.61. The minimum atomic E-state index is 0.792. The monoisotopic (exact) mass is 243 g/mol. The summed E-state index contributed by atoms with van der Waals surface area (Å²) in [5.41, 5.74) is 6.50. The standard InChI is InChI=1S/C15H21N3/c1-10-6-7-13(12(3)11(10)2)14-8-17-15(9-16-4)18(14)5/h6-8,16H,9H2,1-5H3. The molecule has 0 aliphatic carbocycles. The van der Waals surface area contributed by atoms with Crippen molar-refractivity contribution in [1.82, 2.24) is 14.9 Å². The van der Waals surface area contributed by atoms with Crippen LogP contribution in [0.4, 0.5) is 0 Å². The topological polar surface area (TPSA) is 29.9 Å². The van der Waals surface area contributed by atoms with Crippen LogP contribution < -0.4 is 5.32 Å². The quantitative estimate of drug-likeness (QED) is 0.898. The van der Waals surface area contributed by atoms with Crippen molar-refractivity contribution < 1.29 is 0 Å². The predicted molar refractivity (Wildman–Crippen MR) is 75.6 cm³/mol. The minimum absolute atomic E-state index is 0.792. The number of aromatic nitrogens is 2. The highest BCUT2D eigenvalue weighted by Gasteiger charge is 2.11. The van der Waals surface area contributed by atoms with Crippen molar-refractivity contribution in [2.75, 3.05) is 7.05 Å². The fourth-order valence-corrected chi connectivity index (χ4v) is 2.25. The van der Waals surface area contributed by atoms with Crippen LogP contribution in [0.25, 0.3) is 11.3 Å². The Balaban J connectivity index is 2.53. The summed E-state index contributed by atoms with van der Waals surface area (Å²) in [4.78, 5) is 4.48. The summed E-state index contributed by atoms with van der Waals surface area (Å²) in [5.74, 6) is 1.06. The van der Waals surface area contributed by atoms with Gasteiger partial charge in [0, 0.05) is 12.6 Å². The SMILES string of the molecule is CNCc1ncc(-c2ccc(C)c(C)c2C)n1C. The lowest BCUT2D eigenvalue weighted by molar-refractivity contribution is 0.712. The van der Waals surface area contributed by atoms with Gasteiger partial charge in [-0.25, -0.2) is 4.98 Å². The summed E-state index contributed by atoms with van der Waals surface area (Å²) in [6, 6.07) is 4.38. The minimum Gasteiger partial charge on any atom is -0.330 e. The largest absolute Gasteiger partial charge is 0.330 e. The van der Waals surface area contributed by atoms with Crippen LogP contribution in [0.2, 0.25) is 0 Å². The number of hydrogen-bond donors (Lipinski definition) is 1. The number of nitrogens with zero attached hydrogens (tertiary/aromatic N) is 2. The molecule has 0 aliphatic heterocycles. The Labute approximate surface area is 109 Å². The van der Waals surface area contributed by atoms with E-state index in [9.17, 15) is 0 Å². The zero-order valence-electron chi connectivity index (χ0n) is 11.8. The van der Waals surface area contributed by atoms with E-state index in [-0.39, 0.29) is 0 Å². The van der Waals surface area contributed by atoms with E-state index in [0.717, 1.165) is 12.4 Å². The highest BCUT2D eigenvalue weighted by Crippen LogP contribution is 2.27. The summed E-state index contributed by atoms with van der Waals surface area (Å²) in [6.45, 7) is 7.31. The third-order valence-corrected chi connectivity index (χ3v) is 3.75. The molecule has 0 saturated heterocycles. The normalized spacial score (nSPS) is 10.9. The number of aryl methyl sites for hydroxylation is 1. The maximum absolute atomic E-state index is 4.48. The molecule has 0 unspecified atom stereocenters. The molecule has 2 rings (SSSR count). The molecular weight excluding hydrogens is 222 g/mol. The van der Waals surface area contributed by atoms with Gasteiger partial charge in [-0.15, -0.1) is 0 Å². The zero-order valence-corrected chi connectivity index (χ0v) is 11.8. The van der Waals surface area contributed by atoms with E-state index >= 15 is 0 Å². The van der Waals surface area contributed by atoms with E-state index in [1.807, 2.05) is 13.2 Å². The van der Waals surface area contributed by atoms with Crippen molar-refractivity contribution in [2.45, 2.75) is 27.3 Å². The van der Waals surface area contributed by atoms with Gasteiger partial charge in [-0.2, -0.15) is 0 Å². The lowest BCUT2D eigenvalue weighted by atomic mass is 9.97. The highest BCUT2D eigenvalue weighted by molar-refractivity contribution is 5.66. The van der Waals surface area contributed by atoms with Gasteiger partial charge < -0.3 is 9.88 Å². The Morgan fingerprint density at radius 2 is 1.89 bits per heavy atom. The van der Waals surface area contributed by atoms with Crippen LogP contribution in [0, 0.1) is 20.8 Å². The maximum Gasteiger partial charge on any atom is 0.122 e. The van der Waals surface area contributed by atoms with Gasteiger partial charge in [-0.05, 0) is 44.5 Å². The van der Waals surface area contributed by atoms with Gasteiger partial charge in [0.2, 0.25) is 0 Å². The van der Waals surface area contributed by atoms with Gasteiger partial charge in [0.05, 0.1) is 18.4 Å². The Kier molecular flexibility index (Phi) is 3.53. The fourth-order valence-electron chi connectivity index (χ4n) is 2.25. The summed E-state index contributed by atoms with van der Waals surface area (Å²) < 4.78 is 2.16. The average Bonchev–Trinajstić information content (AvgIpc) is 2.70. The molecule has 0 saturated carbocycles. The molecule has 1 heterocycles. The van der Waals surface area contributed by atoms with E-state index < -0.39 is 0 Å². The van der Waals surface area contributed by atoms with E-state index in [0.29, 0.717) is 0 Å². The van der Waals surface area contributed by atoms with Crippen LogP contribution in [0.15, 0.2) is 18.3 Å². The first-order valence-corrected chi connectivity index (χ1v) is 6.28. The fraction of sp³-hybridized carbons (Fsp3) is 0.400. The molecule has 0 spiro atoms. The predicted octanol–water partition coefficient (Wildman–Crippen LogP) is 2.73. The zero-order chi connectivity index (χ0) is 13.3. The smallest absolute Gasteiger partial charge is 0.122 e. The Bertz CT molecular complexity index is 567. The molecule has 3 nitrogen and oxygen atoms in total. The average molecular weight is 243 g/mol. The molecule has 0 fully saturated rings. The molecule has 1 N–H and O–H groups in total. The van der Waals surface area contributed by atoms with Crippen molar-refractivity contribution in [3.8, 4) is 11.3 Å². The summed E-state index contributed by atoms with van der Waals surface area (Å²) >= 11 is 0. The number of benzene rings is 1. The molecule has 0 atom stereocenters. The summed E-state index contributed by atoms with van der Waals surface area (Å²) in [6.07, 6.45) is 1.96. The third kappa shape index (κ3) is 2.06. The first kappa shape index (κ1) is 12.8. The Morgan fingerprint density at radius 3 is 2.56 bits per heavy atom. The van der Waals surface area contributed by atoms with E-state index in [1.165, 1.54) is 27.9 Å². The maximum atomic E-state index is 4.48. The van der Waals surface area contributed by atoms with E-state index in [4.69, 9.17) is 0 Å². The van der Waals surface area contributed by atoms with Crippen LogP contribution in [-0.2, 0) is 13.6 Å². The lowest BCUT2D eigenvalue weighted by Crippen LogP contribution is -2.10. The molecule has 0 amide bonds. The van der Waals surface area contributed by atoms with Crippen LogP contribution in [0.3, 0.4) is 0 Å². The molecule has 1 aromatic heterocycles. The molecule has 96 valence electrons. The van der Waals surface area contributed by atoms with Crippen LogP contribution in [0.5, 0.6) is 0 Å². The molecular formula is C15H21N3. The highest BCUT2D eigenvalue weighted by atomic mass is 15.1. The lowest BCUT2D eigenvalue weighted by Gasteiger charge is -2.12. The van der Waals surface area contributed by atoms with Crippen LogP contribution in [-0.4, -0.2) is 16.6 Å². The van der Waals surface area contributed by atoms with Crippen molar-refractivity contribution >= 4 is 0 Å². The number of imidazole rings is 1. The Morgan fingerprint density at radius 1 is 1.17 bits per heavy atom. The van der Waals surface area contributed by atoms with Crippen molar-refractivity contribution in [3.05, 3.63) is 40.8 Å². The van der Waals surface area contributed by atoms with E-state index in [2.05, 4.69) is 54.8 Å². The van der Waals surface area contributed by atoms with Gasteiger partial charge in [-0.1, -0.05) is 12.1 Å². The summed E-state index contributed by atoms with van der Waals surface area (Å²) in [5, 5.41) is 3.14. The van der Waals surface area contributed by atoms with Crippen LogP contribution in [0.1, 0.15) is 22.5 Å². The molecule has 18 heavy (non-hydrogen) atoms. The van der Waals surface area contributed by atoms with Crippen molar-refractivity contribution in [3.63, 3.8) is 0 Å². The number of hydrogen-bond acceptors (Lipinski definition) is 2. The number of rotatable bonds is 3. The molecule has 0 radical (unpaired) electrons. The summed E-state index contributed by atoms with van der Waals surface area (Å²) in [7, 11) is 4.01. The second kappa shape index (κ2) is 4.94. The number of nitrogens with one attached hydrogen (secondary N) is 1. The van der Waals surface area contributed by atoms with Gasteiger partial charge in [0.15, 0.2) is 0 Å².